The molecule has 0 unspecified atom stereocenters. The van der Waals surface area contributed by atoms with Gasteiger partial charge in [0, 0.05) is 19.7 Å². The average Bonchev–Trinajstić information content (AvgIpc) is 2.88. The molecule has 6 nitrogen and oxygen atoms in total. The van der Waals surface area contributed by atoms with Crippen LogP contribution in [0.25, 0.3) is 22.4 Å². The highest BCUT2D eigenvalue weighted by molar-refractivity contribution is 5.86. The maximum atomic E-state index is 6.00. The SMILES string of the molecule is CO[C@H](C)c1cccc(-c2nc(N)c3cnn(C)c3n2)c1. The number of benzene rings is 1. The van der Waals surface area contributed by atoms with E-state index in [-0.39, 0.29) is 6.10 Å². The first-order valence-electron chi connectivity index (χ1n) is 6.68. The Balaban J connectivity index is 2.14. The first-order valence-corrected chi connectivity index (χ1v) is 6.68. The molecule has 0 amide bonds. The highest BCUT2D eigenvalue weighted by Gasteiger charge is 2.12. The number of ether oxygens (including phenoxy) is 1. The third-order valence-corrected chi connectivity index (χ3v) is 3.59. The molecule has 2 N–H and O–H groups in total. The van der Waals surface area contributed by atoms with Gasteiger partial charge in [-0.15, -0.1) is 0 Å². The third-order valence-electron chi connectivity index (χ3n) is 3.59. The summed E-state index contributed by atoms with van der Waals surface area (Å²) in [6.07, 6.45) is 1.69. The summed E-state index contributed by atoms with van der Waals surface area (Å²) in [5.74, 6) is 1.03. The number of methoxy groups -OCH3 is 1. The molecule has 0 aliphatic carbocycles. The Kier molecular flexibility index (Phi) is 3.31. The van der Waals surface area contributed by atoms with Crippen molar-refractivity contribution in [2.45, 2.75) is 13.0 Å². The minimum absolute atomic E-state index is 0.0164. The standard InChI is InChI=1S/C15H17N5O/c1-9(21-3)10-5-4-6-11(7-10)14-18-13(16)12-8-17-20(2)15(12)19-14/h4-9H,1-3H3,(H2,16,18,19)/t9-/m1/s1. The molecule has 0 bridgehead atoms. The zero-order chi connectivity index (χ0) is 15.0. The maximum Gasteiger partial charge on any atom is 0.163 e. The van der Waals surface area contributed by atoms with E-state index >= 15 is 0 Å². The molecule has 3 rings (SSSR count). The van der Waals surface area contributed by atoms with E-state index in [0.29, 0.717) is 11.6 Å². The molecule has 0 fully saturated rings. The molecule has 6 heteroatoms. The molecule has 0 saturated carbocycles. The molecule has 0 saturated heterocycles. The van der Waals surface area contributed by atoms with E-state index in [4.69, 9.17) is 10.5 Å². The van der Waals surface area contributed by atoms with E-state index in [1.807, 2.05) is 38.2 Å². The van der Waals surface area contributed by atoms with Gasteiger partial charge in [-0.25, -0.2) is 9.97 Å². The summed E-state index contributed by atoms with van der Waals surface area (Å²) in [5, 5.41) is 4.93. The lowest BCUT2D eigenvalue weighted by atomic mass is 10.1. The highest BCUT2D eigenvalue weighted by atomic mass is 16.5. The number of rotatable bonds is 3. The molecule has 108 valence electrons. The second-order valence-corrected chi connectivity index (χ2v) is 4.94. The normalized spacial score (nSPS) is 12.7. The van der Waals surface area contributed by atoms with Gasteiger partial charge in [0.15, 0.2) is 11.5 Å². The van der Waals surface area contributed by atoms with Gasteiger partial charge in [0.1, 0.15) is 5.82 Å². The van der Waals surface area contributed by atoms with Crippen molar-refractivity contribution in [2.75, 3.05) is 12.8 Å². The van der Waals surface area contributed by atoms with Gasteiger partial charge in [-0.2, -0.15) is 5.10 Å². The van der Waals surface area contributed by atoms with Crippen LogP contribution in [0.1, 0.15) is 18.6 Å². The molecule has 2 heterocycles. The van der Waals surface area contributed by atoms with Gasteiger partial charge in [0.2, 0.25) is 0 Å². The lowest BCUT2D eigenvalue weighted by Gasteiger charge is -2.11. The topological polar surface area (TPSA) is 78.9 Å². The first-order chi connectivity index (χ1) is 10.1. The number of aryl methyl sites for hydroxylation is 1. The van der Waals surface area contributed by atoms with E-state index in [1.54, 1.807) is 18.0 Å². The van der Waals surface area contributed by atoms with E-state index in [1.165, 1.54) is 0 Å². The number of nitrogens with two attached hydrogens (primary N) is 1. The second kappa shape index (κ2) is 5.14. The van der Waals surface area contributed by atoms with Gasteiger partial charge in [0.05, 0.1) is 17.7 Å². The third kappa shape index (κ3) is 2.34. The summed E-state index contributed by atoms with van der Waals surface area (Å²) in [4.78, 5) is 8.94. The van der Waals surface area contributed by atoms with Gasteiger partial charge >= 0.3 is 0 Å². The Morgan fingerprint density at radius 2 is 2.10 bits per heavy atom. The quantitative estimate of drug-likeness (QED) is 0.798. The van der Waals surface area contributed by atoms with Gasteiger partial charge in [-0.05, 0) is 18.6 Å². The zero-order valence-electron chi connectivity index (χ0n) is 12.2. The lowest BCUT2D eigenvalue weighted by Crippen LogP contribution is -2.01. The van der Waals surface area contributed by atoms with E-state index in [2.05, 4.69) is 15.1 Å². The fraction of sp³-hybridized carbons (Fsp3) is 0.267. The molecular weight excluding hydrogens is 266 g/mol. The largest absolute Gasteiger partial charge is 0.383 e. The lowest BCUT2D eigenvalue weighted by molar-refractivity contribution is 0.119. The molecular formula is C15H17N5O. The highest BCUT2D eigenvalue weighted by Crippen LogP contribution is 2.25. The fourth-order valence-corrected chi connectivity index (χ4v) is 2.24. The van der Waals surface area contributed by atoms with E-state index < -0.39 is 0 Å². The molecule has 3 aromatic rings. The molecule has 0 aliphatic heterocycles. The predicted octanol–water partition coefficient (Wildman–Crippen LogP) is 2.32. The smallest absolute Gasteiger partial charge is 0.163 e. The van der Waals surface area contributed by atoms with Gasteiger partial charge in [0.25, 0.3) is 0 Å². The number of nitrogens with zero attached hydrogens (tertiary/aromatic N) is 4. The van der Waals surface area contributed by atoms with Crippen LogP contribution in [0.2, 0.25) is 0 Å². The van der Waals surface area contributed by atoms with Crippen LogP contribution in [0.3, 0.4) is 0 Å². The van der Waals surface area contributed by atoms with Crippen LogP contribution in [-0.2, 0) is 11.8 Å². The summed E-state index contributed by atoms with van der Waals surface area (Å²) in [5.41, 5.74) is 8.71. The summed E-state index contributed by atoms with van der Waals surface area (Å²) < 4.78 is 7.04. The van der Waals surface area contributed by atoms with Crippen molar-refractivity contribution in [3.05, 3.63) is 36.0 Å². The van der Waals surface area contributed by atoms with Crippen molar-refractivity contribution >= 4 is 16.9 Å². The molecule has 2 aromatic heterocycles. The van der Waals surface area contributed by atoms with Crippen molar-refractivity contribution in [3.8, 4) is 11.4 Å². The average molecular weight is 283 g/mol. The van der Waals surface area contributed by atoms with Crippen LogP contribution in [0.15, 0.2) is 30.5 Å². The molecule has 0 radical (unpaired) electrons. The van der Waals surface area contributed by atoms with Crippen LogP contribution in [-0.4, -0.2) is 26.9 Å². The summed E-state index contributed by atoms with van der Waals surface area (Å²) in [6, 6.07) is 7.96. The fourth-order valence-electron chi connectivity index (χ4n) is 2.24. The van der Waals surface area contributed by atoms with Gasteiger partial charge < -0.3 is 10.5 Å². The Hall–Kier alpha value is -2.47. The minimum atomic E-state index is 0.0164. The van der Waals surface area contributed by atoms with Gasteiger partial charge in [-0.3, -0.25) is 4.68 Å². The van der Waals surface area contributed by atoms with Crippen molar-refractivity contribution in [2.24, 2.45) is 7.05 Å². The summed E-state index contributed by atoms with van der Waals surface area (Å²) >= 11 is 0. The Morgan fingerprint density at radius 3 is 2.86 bits per heavy atom. The van der Waals surface area contributed by atoms with Crippen molar-refractivity contribution in [3.63, 3.8) is 0 Å². The maximum absolute atomic E-state index is 6.00. The Labute approximate surface area is 122 Å². The number of nitrogen functional groups attached to an aromatic ring is 1. The Bertz CT molecular complexity index is 796. The second-order valence-electron chi connectivity index (χ2n) is 4.94. The first kappa shape index (κ1) is 13.5. The number of fused-ring (bicyclic) bond motifs is 1. The van der Waals surface area contributed by atoms with Crippen LogP contribution in [0.4, 0.5) is 5.82 Å². The number of aromatic nitrogens is 4. The van der Waals surface area contributed by atoms with Crippen molar-refractivity contribution < 1.29 is 4.74 Å². The molecule has 21 heavy (non-hydrogen) atoms. The molecule has 1 aromatic carbocycles. The van der Waals surface area contributed by atoms with E-state index in [0.717, 1.165) is 22.2 Å². The van der Waals surface area contributed by atoms with Crippen LogP contribution in [0.5, 0.6) is 0 Å². The van der Waals surface area contributed by atoms with Gasteiger partial charge in [-0.1, -0.05) is 18.2 Å². The van der Waals surface area contributed by atoms with Crippen molar-refractivity contribution in [1.82, 2.24) is 19.7 Å². The van der Waals surface area contributed by atoms with Crippen LogP contribution in [0, 0.1) is 0 Å². The molecule has 0 aliphatic rings. The minimum Gasteiger partial charge on any atom is -0.383 e. The van der Waals surface area contributed by atoms with E-state index in [9.17, 15) is 0 Å². The number of hydrogen-bond acceptors (Lipinski definition) is 5. The predicted molar refractivity (Wildman–Crippen MR) is 81.6 cm³/mol. The molecule has 1 atom stereocenters. The Morgan fingerprint density at radius 1 is 1.29 bits per heavy atom. The van der Waals surface area contributed by atoms with Crippen LogP contribution < -0.4 is 5.73 Å². The summed E-state index contributed by atoms with van der Waals surface area (Å²) in [7, 11) is 3.52. The number of anilines is 1. The number of hydrogen-bond donors (Lipinski definition) is 1. The van der Waals surface area contributed by atoms with Crippen molar-refractivity contribution in [1.29, 1.82) is 0 Å². The molecule has 0 spiro atoms. The monoisotopic (exact) mass is 283 g/mol. The zero-order valence-corrected chi connectivity index (χ0v) is 12.2. The summed E-state index contributed by atoms with van der Waals surface area (Å²) in [6.45, 7) is 2.00. The van der Waals surface area contributed by atoms with Crippen LogP contribution >= 0.6 is 0 Å².